The number of benzene rings is 1. The van der Waals surface area contributed by atoms with E-state index >= 15 is 0 Å². The average Bonchev–Trinajstić information content (AvgIpc) is 2.83. The molecule has 1 saturated carbocycles. The quantitative estimate of drug-likeness (QED) is 0.889. The largest absolute Gasteiger partial charge is 0.327 e. The molecule has 3 nitrogen and oxygen atoms in total. The predicted octanol–water partition coefficient (Wildman–Crippen LogP) is 2.34. The zero-order chi connectivity index (χ0) is 13.1. The number of hydrogen-bond donors (Lipinski definition) is 1. The highest BCUT2D eigenvalue weighted by molar-refractivity contribution is 5.95. The van der Waals surface area contributed by atoms with E-state index in [-0.39, 0.29) is 17.9 Å². The zero-order valence-corrected chi connectivity index (χ0v) is 11.2. The lowest BCUT2D eigenvalue weighted by atomic mass is 10.0. The molecule has 3 heteroatoms. The maximum Gasteiger partial charge on any atom is 0.231 e. The Morgan fingerprint density at radius 1 is 1.33 bits per heavy atom. The molecule has 2 rings (SSSR count). The summed E-state index contributed by atoms with van der Waals surface area (Å²) in [4.78, 5) is 14.1. The van der Waals surface area contributed by atoms with Crippen LogP contribution in [0.1, 0.15) is 31.7 Å². The number of carbonyl (C=O) groups is 1. The molecule has 0 saturated heterocycles. The van der Waals surface area contributed by atoms with Gasteiger partial charge >= 0.3 is 0 Å². The Kier molecular flexibility index (Phi) is 4.02. The first kappa shape index (κ1) is 13.1. The number of hydrogen-bond acceptors (Lipinski definition) is 2. The van der Waals surface area contributed by atoms with Gasteiger partial charge in [0.15, 0.2) is 0 Å². The Labute approximate surface area is 109 Å². The smallest absolute Gasteiger partial charge is 0.231 e. The van der Waals surface area contributed by atoms with Crippen LogP contribution in [0.3, 0.4) is 0 Å². The molecule has 0 aromatic heterocycles. The van der Waals surface area contributed by atoms with E-state index in [1.54, 1.807) is 4.90 Å². The fraction of sp³-hybridized carbons (Fsp3) is 0.533. The molecule has 0 radical (unpaired) electrons. The molecule has 2 atom stereocenters. The van der Waals surface area contributed by atoms with Crippen molar-refractivity contribution >= 4 is 11.6 Å². The number of nitrogens with two attached hydrogens (primary N) is 1. The Hall–Kier alpha value is -1.35. The molecule has 1 aliphatic rings. The van der Waals surface area contributed by atoms with Gasteiger partial charge in [0.2, 0.25) is 5.91 Å². The van der Waals surface area contributed by atoms with Crippen LogP contribution >= 0.6 is 0 Å². The molecule has 0 heterocycles. The maximum absolute atomic E-state index is 12.4. The standard InChI is InChI=1S/C15H22N2O/c1-3-11-7-9-12(10-8-11)17(2)15(18)13-5-4-6-14(13)16/h7-10,13-14H,3-6,16H2,1-2H3. The molecule has 1 aliphatic carbocycles. The van der Waals surface area contributed by atoms with Gasteiger partial charge in [0.1, 0.15) is 0 Å². The summed E-state index contributed by atoms with van der Waals surface area (Å²) in [7, 11) is 1.84. The van der Waals surface area contributed by atoms with Crippen molar-refractivity contribution in [2.24, 2.45) is 11.7 Å². The Morgan fingerprint density at radius 2 is 2.00 bits per heavy atom. The van der Waals surface area contributed by atoms with Crippen LogP contribution < -0.4 is 10.6 Å². The Bertz CT molecular complexity index is 413. The van der Waals surface area contributed by atoms with Gasteiger partial charge in [-0.25, -0.2) is 0 Å². The molecule has 1 fully saturated rings. The van der Waals surface area contributed by atoms with Gasteiger partial charge in [-0.15, -0.1) is 0 Å². The van der Waals surface area contributed by atoms with Gasteiger partial charge < -0.3 is 10.6 Å². The zero-order valence-electron chi connectivity index (χ0n) is 11.2. The number of carbonyl (C=O) groups excluding carboxylic acids is 1. The number of amides is 1. The second-order valence-corrected chi connectivity index (χ2v) is 5.12. The first-order valence-corrected chi connectivity index (χ1v) is 6.75. The van der Waals surface area contributed by atoms with Crippen LogP contribution in [0.15, 0.2) is 24.3 Å². The Balaban J connectivity index is 2.09. The molecule has 0 spiro atoms. The highest BCUT2D eigenvalue weighted by Gasteiger charge is 2.32. The summed E-state index contributed by atoms with van der Waals surface area (Å²) in [6.07, 6.45) is 3.99. The Morgan fingerprint density at radius 3 is 2.50 bits per heavy atom. The van der Waals surface area contributed by atoms with Crippen LogP contribution in [-0.2, 0) is 11.2 Å². The van der Waals surface area contributed by atoms with Gasteiger partial charge in [0.25, 0.3) is 0 Å². The van der Waals surface area contributed by atoms with E-state index < -0.39 is 0 Å². The van der Waals surface area contributed by atoms with E-state index in [4.69, 9.17) is 5.73 Å². The lowest BCUT2D eigenvalue weighted by Gasteiger charge is -2.23. The molecule has 0 aliphatic heterocycles. The SMILES string of the molecule is CCc1ccc(N(C)C(=O)C2CCCC2N)cc1. The van der Waals surface area contributed by atoms with Gasteiger partial charge in [-0.05, 0) is 37.0 Å². The molecule has 2 unspecified atom stereocenters. The maximum atomic E-state index is 12.4. The van der Waals surface area contributed by atoms with Gasteiger partial charge in [-0.2, -0.15) is 0 Å². The van der Waals surface area contributed by atoms with Crippen molar-refractivity contribution in [2.45, 2.75) is 38.6 Å². The first-order chi connectivity index (χ1) is 8.63. The van der Waals surface area contributed by atoms with Crippen LogP contribution in [0, 0.1) is 5.92 Å². The molecule has 18 heavy (non-hydrogen) atoms. The molecule has 0 bridgehead atoms. The average molecular weight is 246 g/mol. The summed E-state index contributed by atoms with van der Waals surface area (Å²) in [5.74, 6) is 0.158. The van der Waals surface area contributed by atoms with Gasteiger partial charge in [-0.1, -0.05) is 25.5 Å². The minimum absolute atomic E-state index is 0.000789. The fourth-order valence-corrected chi connectivity index (χ4v) is 2.63. The van der Waals surface area contributed by atoms with E-state index in [1.165, 1.54) is 5.56 Å². The third kappa shape index (κ3) is 2.56. The highest BCUT2D eigenvalue weighted by Crippen LogP contribution is 2.27. The van der Waals surface area contributed by atoms with Crippen molar-refractivity contribution in [3.05, 3.63) is 29.8 Å². The summed E-state index contributed by atoms with van der Waals surface area (Å²) in [5.41, 5.74) is 8.24. The van der Waals surface area contributed by atoms with Crippen molar-refractivity contribution < 1.29 is 4.79 Å². The molecular weight excluding hydrogens is 224 g/mol. The van der Waals surface area contributed by atoms with Gasteiger partial charge in [0.05, 0.1) is 5.92 Å². The summed E-state index contributed by atoms with van der Waals surface area (Å²) in [6, 6.07) is 8.21. The fourth-order valence-electron chi connectivity index (χ4n) is 2.63. The van der Waals surface area contributed by atoms with Crippen LogP contribution in [-0.4, -0.2) is 19.0 Å². The minimum Gasteiger partial charge on any atom is -0.327 e. The summed E-state index contributed by atoms with van der Waals surface area (Å²) < 4.78 is 0. The lowest BCUT2D eigenvalue weighted by Crippen LogP contribution is -2.39. The number of aryl methyl sites for hydroxylation is 1. The number of nitrogens with zero attached hydrogens (tertiary/aromatic N) is 1. The van der Waals surface area contributed by atoms with E-state index in [0.29, 0.717) is 0 Å². The first-order valence-electron chi connectivity index (χ1n) is 6.75. The molecule has 1 aromatic rings. The monoisotopic (exact) mass is 246 g/mol. The summed E-state index contributed by atoms with van der Waals surface area (Å²) in [6.45, 7) is 2.13. The third-order valence-corrected chi connectivity index (χ3v) is 3.95. The summed E-state index contributed by atoms with van der Waals surface area (Å²) in [5, 5.41) is 0. The van der Waals surface area contributed by atoms with Crippen molar-refractivity contribution in [1.82, 2.24) is 0 Å². The van der Waals surface area contributed by atoms with E-state index in [1.807, 2.05) is 19.2 Å². The third-order valence-electron chi connectivity index (χ3n) is 3.95. The number of anilines is 1. The molecule has 1 amide bonds. The predicted molar refractivity (Wildman–Crippen MR) is 74.5 cm³/mol. The normalized spacial score (nSPS) is 23.1. The van der Waals surface area contributed by atoms with Crippen LogP contribution in [0.5, 0.6) is 0 Å². The van der Waals surface area contributed by atoms with Gasteiger partial charge in [0, 0.05) is 18.8 Å². The van der Waals surface area contributed by atoms with Gasteiger partial charge in [-0.3, -0.25) is 4.79 Å². The number of rotatable bonds is 3. The second kappa shape index (κ2) is 5.53. The lowest BCUT2D eigenvalue weighted by molar-refractivity contribution is -0.122. The highest BCUT2D eigenvalue weighted by atomic mass is 16.2. The van der Waals surface area contributed by atoms with Crippen LogP contribution in [0.2, 0.25) is 0 Å². The van der Waals surface area contributed by atoms with E-state index in [2.05, 4.69) is 19.1 Å². The van der Waals surface area contributed by atoms with E-state index in [9.17, 15) is 4.79 Å². The molecular formula is C15H22N2O. The summed E-state index contributed by atoms with van der Waals surface area (Å²) >= 11 is 0. The van der Waals surface area contributed by atoms with Crippen molar-refractivity contribution in [3.63, 3.8) is 0 Å². The van der Waals surface area contributed by atoms with Crippen LogP contribution in [0.4, 0.5) is 5.69 Å². The minimum atomic E-state index is 0.000789. The molecule has 1 aromatic carbocycles. The van der Waals surface area contributed by atoms with Crippen LogP contribution in [0.25, 0.3) is 0 Å². The second-order valence-electron chi connectivity index (χ2n) is 5.12. The van der Waals surface area contributed by atoms with Crippen molar-refractivity contribution in [2.75, 3.05) is 11.9 Å². The molecule has 98 valence electrons. The van der Waals surface area contributed by atoms with Crippen molar-refractivity contribution in [1.29, 1.82) is 0 Å². The van der Waals surface area contributed by atoms with Crippen molar-refractivity contribution in [3.8, 4) is 0 Å². The molecule has 2 N–H and O–H groups in total. The topological polar surface area (TPSA) is 46.3 Å². The van der Waals surface area contributed by atoms with E-state index in [0.717, 1.165) is 31.4 Å².